The minimum atomic E-state index is -3.74. The molecule has 7 heteroatoms. The van der Waals surface area contributed by atoms with Crippen LogP contribution in [-0.4, -0.2) is 17.8 Å². The van der Waals surface area contributed by atoms with Crippen molar-refractivity contribution in [3.63, 3.8) is 0 Å². The largest absolute Gasteiger partial charge is 0.306 e. The summed E-state index contributed by atoms with van der Waals surface area (Å²) in [6.07, 6.45) is 3.83. The monoisotopic (exact) mass is 397 g/mol. The van der Waals surface area contributed by atoms with E-state index in [4.69, 9.17) is 11.6 Å². The maximum absolute atomic E-state index is 12.7. The molecule has 2 aromatic heterocycles. The molecule has 0 unspecified atom stereocenters. The number of nitrogens with zero attached hydrogens (tertiary/aromatic N) is 2. The first-order valence-electron chi connectivity index (χ1n) is 8.25. The van der Waals surface area contributed by atoms with Gasteiger partial charge in [-0.25, -0.2) is 13.4 Å². The SMILES string of the molecule is Cc1ccc(-c2cn3ccccc3n2)cc1NS(=O)(=O)c1cccc(Cl)c1. The molecule has 0 bridgehead atoms. The fourth-order valence-electron chi connectivity index (χ4n) is 2.80. The van der Waals surface area contributed by atoms with E-state index in [1.807, 2.05) is 54.0 Å². The second-order valence-electron chi connectivity index (χ2n) is 6.18. The predicted octanol–water partition coefficient (Wildman–Crippen LogP) is 4.76. The third-order valence-corrected chi connectivity index (χ3v) is 5.85. The van der Waals surface area contributed by atoms with Gasteiger partial charge in [0, 0.05) is 23.0 Å². The van der Waals surface area contributed by atoms with Gasteiger partial charge in [0.25, 0.3) is 10.0 Å². The van der Waals surface area contributed by atoms with Gasteiger partial charge in [-0.15, -0.1) is 0 Å². The van der Waals surface area contributed by atoms with Crippen molar-refractivity contribution >= 4 is 33.0 Å². The third kappa shape index (κ3) is 3.54. The summed E-state index contributed by atoms with van der Waals surface area (Å²) in [5.41, 5.74) is 3.74. The van der Waals surface area contributed by atoms with Gasteiger partial charge in [0.05, 0.1) is 16.3 Å². The number of rotatable bonds is 4. The standard InChI is InChI=1S/C20H16ClN3O2S/c1-14-8-9-15(19-13-24-10-3-2-7-20(24)22-19)11-18(14)23-27(25,26)17-6-4-5-16(21)12-17/h2-13,23H,1H3. The van der Waals surface area contributed by atoms with Crippen molar-refractivity contribution < 1.29 is 8.42 Å². The van der Waals surface area contributed by atoms with Gasteiger partial charge in [0.2, 0.25) is 0 Å². The number of pyridine rings is 1. The van der Waals surface area contributed by atoms with Crippen LogP contribution in [-0.2, 0) is 10.0 Å². The molecule has 2 aromatic carbocycles. The molecule has 1 N–H and O–H groups in total. The van der Waals surface area contributed by atoms with Crippen LogP contribution in [0.5, 0.6) is 0 Å². The Morgan fingerprint density at radius 1 is 1.04 bits per heavy atom. The molecule has 136 valence electrons. The van der Waals surface area contributed by atoms with Gasteiger partial charge in [0.1, 0.15) is 5.65 Å². The minimum absolute atomic E-state index is 0.118. The Balaban J connectivity index is 1.72. The molecule has 0 atom stereocenters. The Labute approximate surface area is 162 Å². The molecule has 27 heavy (non-hydrogen) atoms. The summed E-state index contributed by atoms with van der Waals surface area (Å²) in [5.74, 6) is 0. The van der Waals surface area contributed by atoms with Crippen molar-refractivity contribution in [3.8, 4) is 11.3 Å². The first kappa shape index (κ1) is 17.6. The molecule has 5 nitrogen and oxygen atoms in total. The average Bonchev–Trinajstić information content (AvgIpc) is 3.07. The fraction of sp³-hybridized carbons (Fsp3) is 0.0500. The number of aryl methyl sites for hydroxylation is 1. The second kappa shape index (κ2) is 6.72. The Kier molecular flexibility index (Phi) is 4.37. The number of halogens is 1. The van der Waals surface area contributed by atoms with Crippen LogP contribution >= 0.6 is 11.6 Å². The summed E-state index contributed by atoms with van der Waals surface area (Å²) in [5, 5.41) is 0.369. The lowest BCUT2D eigenvalue weighted by Gasteiger charge is -2.12. The van der Waals surface area contributed by atoms with Crippen molar-refractivity contribution in [1.29, 1.82) is 0 Å². The normalized spacial score (nSPS) is 11.6. The van der Waals surface area contributed by atoms with Crippen molar-refractivity contribution in [3.05, 3.63) is 83.6 Å². The summed E-state index contributed by atoms with van der Waals surface area (Å²) >= 11 is 5.93. The van der Waals surface area contributed by atoms with E-state index in [2.05, 4.69) is 9.71 Å². The van der Waals surface area contributed by atoms with E-state index in [0.29, 0.717) is 10.7 Å². The summed E-state index contributed by atoms with van der Waals surface area (Å²) < 4.78 is 30.0. The Morgan fingerprint density at radius 3 is 2.67 bits per heavy atom. The van der Waals surface area contributed by atoms with E-state index in [1.165, 1.54) is 12.1 Å². The number of hydrogen-bond acceptors (Lipinski definition) is 3. The van der Waals surface area contributed by atoms with Crippen molar-refractivity contribution in [2.45, 2.75) is 11.8 Å². The molecule has 0 saturated carbocycles. The van der Waals surface area contributed by atoms with Crippen LogP contribution < -0.4 is 4.72 Å². The lowest BCUT2D eigenvalue weighted by Crippen LogP contribution is -2.13. The molecule has 4 aromatic rings. The number of imidazole rings is 1. The van der Waals surface area contributed by atoms with Gasteiger partial charge in [-0.2, -0.15) is 0 Å². The van der Waals surface area contributed by atoms with E-state index in [1.54, 1.807) is 18.2 Å². The molecule has 0 radical (unpaired) electrons. The van der Waals surface area contributed by atoms with E-state index < -0.39 is 10.0 Å². The highest BCUT2D eigenvalue weighted by molar-refractivity contribution is 7.92. The van der Waals surface area contributed by atoms with Gasteiger partial charge < -0.3 is 4.40 Å². The summed E-state index contributed by atoms with van der Waals surface area (Å²) in [7, 11) is -3.74. The average molecular weight is 398 g/mol. The zero-order chi connectivity index (χ0) is 19.0. The lowest BCUT2D eigenvalue weighted by molar-refractivity contribution is 0.601. The number of hydrogen-bond donors (Lipinski definition) is 1. The number of nitrogens with one attached hydrogen (secondary N) is 1. The van der Waals surface area contributed by atoms with Crippen molar-refractivity contribution in [2.75, 3.05) is 4.72 Å². The third-order valence-electron chi connectivity index (χ3n) is 4.25. The Bertz CT molecular complexity index is 1220. The summed E-state index contributed by atoms with van der Waals surface area (Å²) in [6, 6.07) is 17.5. The molecule has 0 aliphatic rings. The molecule has 0 fully saturated rings. The Hall–Kier alpha value is -2.83. The highest BCUT2D eigenvalue weighted by Crippen LogP contribution is 2.27. The van der Waals surface area contributed by atoms with Crippen LogP contribution in [0.25, 0.3) is 16.9 Å². The molecular formula is C20H16ClN3O2S. The summed E-state index contributed by atoms with van der Waals surface area (Å²) in [6.45, 7) is 1.85. The number of fused-ring (bicyclic) bond motifs is 1. The second-order valence-corrected chi connectivity index (χ2v) is 8.30. The van der Waals surface area contributed by atoms with Crippen LogP contribution in [0, 0.1) is 6.92 Å². The smallest absolute Gasteiger partial charge is 0.261 e. The van der Waals surface area contributed by atoms with Gasteiger partial charge in [-0.1, -0.05) is 35.9 Å². The molecule has 0 aliphatic heterocycles. The first-order chi connectivity index (χ1) is 12.9. The van der Waals surface area contributed by atoms with E-state index >= 15 is 0 Å². The molecule has 2 heterocycles. The lowest BCUT2D eigenvalue weighted by atomic mass is 10.1. The van der Waals surface area contributed by atoms with Crippen LogP contribution in [0.2, 0.25) is 5.02 Å². The fourth-order valence-corrected chi connectivity index (χ4v) is 4.22. The van der Waals surface area contributed by atoms with E-state index in [9.17, 15) is 8.42 Å². The number of benzene rings is 2. The van der Waals surface area contributed by atoms with Crippen LogP contribution in [0.3, 0.4) is 0 Å². The highest BCUT2D eigenvalue weighted by Gasteiger charge is 2.16. The topological polar surface area (TPSA) is 63.5 Å². The van der Waals surface area contributed by atoms with Crippen LogP contribution in [0.1, 0.15) is 5.56 Å². The van der Waals surface area contributed by atoms with E-state index in [0.717, 1.165) is 22.5 Å². The van der Waals surface area contributed by atoms with Gasteiger partial charge in [-0.05, 0) is 48.9 Å². The maximum atomic E-state index is 12.7. The highest BCUT2D eigenvalue weighted by atomic mass is 35.5. The zero-order valence-electron chi connectivity index (χ0n) is 14.4. The van der Waals surface area contributed by atoms with E-state index in [-0.39, 0.29) is 4.90 Å². The molecule has 0 saturated heterocycles. The molecule has 0 spiro atoms. The molecule has 4 rings (SSSR count). The molecule has 0 amide bonds. The Morgan fingerprint density at radius 2 is 1.89 bits per heavy atom. The number of sulfonamides is 1. The predicted molar refractivity (Wildman–Crippen MR) is 108 cm³/mol. The van der Waals surface area contributed by atoms with Crippen LogP contribution in [0.4, 0.5) is 5.69 Å². The molecule has 0 aliphatic carbocycles. The van der Waals surface area contributed by atoms with Gasteiger partial charge in [0.15, 0.2) is 0 Å². The molecular weight excluding hydrogens is 382 g/mol. The van der Waals surface area contributed by atoms with Crippen molar-refractivity contribution in [1.82, 2.24) is 9.38 Å². The first-order valence-corrected chi connectivity index (χ1v) is 10.1. The minimum Gasteiger partial charge on any atom is -0.306 e. The van der Waals surface area contributed by atoms with Crippen molar-refractivity contribution in [2.24, 2.45) is 0 Å². The zero-order valence-corrected chi connectivity index (χ0v) is 16.0. The van der Waals surface area contributed by atoms with Crippen LogP contribution in [0.15, 0.2) is 78.0 Å². The summed E-state index contributed by atoms with van der Waals surface area (Å²) in [4.78, 5) is 4.71. The van der Waals surface area contributed by atoms with Gasteiger partial charge >= 0.3 is 0 Å². The quantitative estimate of drug-likeness (QED) is 0.539. The van der Waals surface area contributed by atoms with Gasteiger partial charge in [-0.3, -0.25) is 4.72 Å². The maximum Gasteiger partial charge on any atom is 0.261 e. The number of anilines is 1. The number of aromatic nitrogens is 2.